The van der Waals surface area contributed by atoms with Crippen LogP contribution in [0.4, 0.5) is 0 Å². The minimum absolute atomic E-state index is 0.152. The van der Waals surface area contributed by atoms with Gasteiger partial charge in [0, 0.05) is 18.5 Å². The molecule has 0 aliphatic carbocycles. The van der Waals surface area contributed by atoms with E-state index in [4.69, 9.17) is 20.8 Å². The lowest BCUT2D eigenvalue weighted by Gasteiger charge is -2.26. The number of nitrogens with zero attached hydrogens (tertiary/aromatic N) is 1. The van der Waals surface area contributed by atoms with Crippen LogP contribution in [0, 0.1) is 0 Å². The fraction of sp³-hybridized carbons (Fsp3) is 0.250. The first-order chi connectivity index (χ1) is 12.2. The lowest BCUT2D eigenvalue weighted by atomic mass is 10.0. The fourth-order valence-corrected chi connectivity index (χ4v) is 3.39. The maximum atomic E-state index is 12.3. The van der Waals surface area contributed by atoms with Gasteiger partial charge in [-0.2, -0.15) is 0 Å². The van der Waals surface area contributed by atoms with Gasteiger partial charge in [0.15, 0.2) is 5.58 Å². The molecule has 4 rings (SSSR count). The Morgan fingerprint density at radius 1 is 1.04 bits per heavy atom. The zero-order valence-corrected chi connectivity index (χ0v) is 14.5. The zero-order chi connectivity index (χ0) is 17.2. The maximum Gasteiger partial charge on any atom is 0.227 e. The Bertz CT molecular complexity index is 895. The summed E-state index contributed by atoms with van der Waals surface area (Å²) in [6.45, 7) is 2.62. The monoisotopic (exact) mass is 355 g/mol. The average Bonchev–Trinajstić information content (AvgIpc) is 3.12. The molecule has 0 atom stereocenters. The van der Waals surface area contributed by atoms with E-state index in [0.29, 0.717) is 43.3 Å². The molecule has 0 saturated carbocycles. The standard InChI is InChI=1S/C20H18ClNO3/c21-18-13-17(12-16-5-8-25-20(16)18)15-3-1-14(2-4-15)11-19(23)22-6-9-24-10-7-22/h1-5,8,12-13H,6-7,9-11H2. The molecular formula is C20H18ClNO3. The summed E-state index contributed by atoms with van der Waals surface area (Å²) in [5, 5.41) is 1.58. The van der Waals surface area contributed by atoms with E-state index in [1.165, 1.54) is 0 Å². The van der Waals surface area contributed by atoms with E-state index in [-0.39, 0.29) is 5.91 Å². The number of ether oxygens (including phenoxy) is 1. The van der Waals surface area contributed by atoms with Crippen molar-refractivity contribution in [1.29, 1.82) is 0 Å². The van der Waals surface area contributed by atoms with Gasteiger partial charge in [-0.25, -0.2) is 0 Å². The van der Waals surface area contributed by atoms with E-state index in [2.05, 4.69) is 6.07 Å². The van der Waals surface area contributed by atoms with Crippen LogP contribution >= 0.6 is 11.6 Å². The number of amides is 1. The molecule has 0 bridgehead atoms. The molecule has 25 heavy (non-hydrogen) atoms. The van der Waals surface area contributed by atoms with Crippen molar-refractivity contribution in [3.63, 3.8) is 0 Å². The minimum Gasteiger partial charge on any atom is -0.463 e. The van der Waals surface area contributed by atoms with Crippen molar-refractivity contribution in [2.75, 3.05) is 26.3 Å². The van der Waals surface area contributed by atoms with Crippen molar-refractivity contribution in [2.24, 2.45) is 0 Å². The van der Waals surface area contributed by atoms with E-state index >= 15 is 0 Å². The quantitative estimate of drug-likeness (QED) is 0.708. The second kappa shape index (κ2) is 6.90. The molecule has 0 unspecified atom stereocenters. The number of carbonyl (C=O) groups is 1. The van der Waals surface area contributed by atoms with Crippen LogP contribution in [0.5, 0.6) is 0 Å². The summed E-state index contributed by atoms with van der Waals surface area (Å²) >= 11 is 6.29. The second-order valence-corrected chi connectivity index (χ2v) is 6.57. The molecule has 1 aliphatic heterocycles. The predicted octanol–water partition coefficient (Wildman–Crippen LogP) is 4.15. The van der Waals surface area contributed by atoms with Gasteiger partial charge in [-0.15, -0.1) is 0 Å². The fourth-order valence-electron chi connectivity index (χ4n) is 3.12. The smallest absolute Gasteiger partial charge is 0.227 e. The molecule has 5 heteroatoms. The van der Waals surface area contributed by atoms with Gasteiger partial charge in [0.05, 0.1) is 30.9 Å². The number of halogens is 1. The van der Waals surface area contributed by atoms with Crippen molar-refractivity contribution < 1.29 is 13.9 Å². The number of benzene rings is 2. The van der Waals surface area contributed by atoms with E-state index in [1.807, 2.05) is 41.3 Å². The van der Waals surface area contributed by atoms with Crippen molar-refractivity contribution in [1.82, 2.24) is 4.90 Å². The normalized spacial score (nSPS) is 14.8. The zero-order valence-electron chi connectivity index (χ0n) is 13.7. The number of morpholine rings is 1. The molecule has 3 aromatic rings. The third-order valence-corrected chi connectivity index (χ3v) is 4.79. The Hall–Kier alpha value is -2.30. The molecule has 0 radical (unpaired) electrons. The van der Waals surface area contributed by atoms with Crippen LogP contribution in [0.25, 0.3) is 22.1 Å². The van der Waals surface area contributed by atoms with Crippen molar-refractivity contribution in [3.8, 4) is 11.1 Å². The van der Waals surface area contributed by atoms with E-state index in [9.17, 15) is 4.79 Å². The van der Waals surface area contributed by atoms with Crippen molar-refractivity contribution in [2.45, 2.75) is 6.42 Å². The SMILES string of the molecule is O=C(Cc1ccc(-c2cc(Cl)c3occc3c2)cc1)N1CCOCC1. The summed E-state index contributed by atoms with van der Waals surface area (Å²) in [6.07, 6.45) is 2.06. The van der Waals surface area contributed by atoms with E-state index in [1.54, 1.807) is 6.26 Å². The molecule has 4 nitrogen and oxygen atoms in total. The summed E-state index contributed by atoms with van der Waals surface area (Å²) in [6, 6.07) is 13.9. The highest BCUT2D eigenvalue weighted by Crippen LogP contribution is 2.31. The van der Waals surface area contributed by atoms with Crippen LogP contribution in [-0.2, 0) is 16.0 Å². The first kappa shape index (κ1) is 16.2. The molecule has 0 N–H and O–H groups in total. The summed E-state index contributed by atoms with van der Waals surface area (Å²) in [5.74, 6) is 0.152. The molecule has 0 spiro atoms. The highest BCUT2D eigenvalue weighted by atomic mass is 35.5. The van der Waals surface area contributed by atoms with Crippen LogP contribution < -0.4 is 0 Å². The van der Waals surface area contributed by atoms with E-state index < -0.39 is 0 Å². The Morgan fingerprint density at radius 2 is 1.80 bits per heavy atom. The van der Waals surface area contributed by atoms with Crippen LogP contribution in [-0.4, -0.2) is 37.1 Å². The lowest BCUT2D eigenvalue weighted by Crippen LogP contribution is -2.41. The highest BCUT2D eigenvalue weighted by molar-refractivity contribution is 6.35. The molecule has 128 valence electrons. The Labute approximate surface area is 150 Å². The van der Waals surface area contributed by atoms with Gasteiger partial charge in [-0.05, 0) is 34.9 Å². The number of hydrogen-bond acceptors (Lipinski definition) is 3. The van der Waals surface area contributed by atoms with Gasteiger partial charge in [-0.1, -0.05) is 35.9 Å². The lowest BCUT2D eigenvalue weighted by molar-refractivity contribution is -0.134. The molecule has 2 heterocycles. The number of fused-ring (bicyclic) bond motifs is 1. The number of hydrogen-bond donors (Lipinski definition) is 0. The van der Waals surface area contributed by atoms with Gasteiger partial charge < -0.3 is 14.1 Å². The molecule has 2 aromatic carbocycles. The topological polar surface area (TPSA) is 42.7 Å². The third-order valence-electron chi connectivity index (χ3n) is 4.51. The van der Waals surface area contributed by atoms with Crippen molar-refractivity contribution in [3.05, 3.63) is 59.3 Å². The molecule has 1 aliphatic rings. The number of rotatable bonds is 3. The van der Waals surface area contributed by atoms with Gasteiger partial charge >= 0.3 is 0 Å². The summed E-state index contributed by atoms with van der Waals surface area (Å²) in [5.41, 5.74) is 3.81. The maximum absolute atomic E-state index is 12.3. The average molecular weight is 356 g/mol. The van der Waals surface area contributed by atoms with Gasteiger partial charge in [0.25, 0.3) is 0 Å². The van der Waals surface area contributed by atoms with E-state index in [0.717, 1.165) is 22.1 Å². The minimum atomic E-state index is 0.152. The third kappa shape index (κ3) is 3.41. The van der Waals surface area contributed by atoms with Crippen LogP contribution in [0.15, 0.2) is 53.1 Å². The van der Waals surface area contributed by atoms with Gasteiger partial charge in [0.2, 0.25) is 5.91 Å². The predicted molar refractivity (Wildman–Crippen MR) is 97.8 cm³/mol. The molecular weight excluding hydrogens is 338 g/mol. The Morgan fingerprint density at radius 3 is 2.56 bits per heavy atom. The number of carbonyl (C=O) groups excluding carboxylic acids is 1. The second-order valence-electron chi connectivity index (χ2n) is 6.16. The summed E-state index contributed by atoms with van der Waals surface area (Å²) < 4.78 is 10.7. The van der Waals surface area contributed by atoms with Crippen LogP contribution in [0.2, 0.25) is 5.02 Å². The van der Waals surface area contributed by atoms with Crippen molar-refractivity contribution >= 4 is 28.5 Å². The number of furan rings is 1. The summed E-state index contributed by atoms with van der Waals surface area (Å²) in [7, 11) is 0. The Balaban J connectivity index is 1.51. The van der Waals surface area contributed by atoms with Crippen LogP contribution in [0.3, 0.4) is 0 Å². The summed E-state index contributed by atoms with van der Waals surface area (Å²) in [4.78, 5) is 14.2. The van der Waals surface area contributed by atoms with Crippen LogP contribution in [0.1, 0.15) is 5.56 Å². The van der Waals surface area contributed by atoms with Gasteiger partial charge in [-0.3, -0.25) is 4.79 Å². The van der Waals surface area contributed by atoms with Gasteiger partial charge in [0.1, 0.15) is 0 Å². The largest absolute Gasteiger partial charge is 0.463 e. The molecule has 1 fully saturated rings. The molecule has 1 saturated heterocycles. The Kier molecular flexibility index (Phi) is 4.47. The first-order valence-electron chi connectivity index (χ1n) is 8.32. The molecule has 1 amide bonds. The highest BCUT2D eigenvalue weighted by Gasteiger charge is 2.17. The first-order valence-corrected chi connectivity index (χ1v) is 8.70. The molecule has 1 aromatic heterocycles.